The molecule has 0 radical (unpaired) electrons. The van der Waals surface area contributed by atoms with Crippen LogP contribution in [-0.2, 0) is 9.47 Å². The molecule has 1 aliphatic heterocycles. The minimum absolute atomic E-state index is 0.335. The number of rotatable bonds is 10. The van der Waals surface area contributed by atoms with Crippen molar-refractivity contribution in [2.75, 3.05) is 44.1 Å². The summed E-state index contributed by atoms with van der Waals surface area (Å²) in [7, 11) is 1.73. The van der Waals surface area contributed by atoms with Crippen molar-refractivity contribution in [2.24, 2.45) is 5.92 Å². The van der Waals surface area contributed by atoms with Crippen molar-refractivity contribution in [3.8, 4) is 11.3 Å². The molecule has 3 N–H and O–H groups in total. The summed E-state index contributed by atoms with van der Waals surface area (Å²) in [5.41, 5.74) is 2.03. The van der Waals surface area contributed by atoms with Crippen LogP contribution in [0.15, 0.2) is 30.6 Å². The predicted molar refractivity (Wildman–Crippen MR) is 134 cm³/mol. The molecule has 3 heterocycles. The number of hydrogen-bond donors (Lipinski definition) is 3. The van der Waals surface area contributed by atoms with Crippen LogP contribution in [0.3, 0.4) is 0 Å². The Kier molecular flexibility index (Phi) is 9.07. The molecule has 0 amide bonds. The zero-order valence-corrected chi connectivity index (χ0v) is 20.4. The van der Waals surface area contributed by atoms with Crippen LogP contribution in [0.5, 0.6) is 0 Å². The molecule has 8 heteroatoms. The first kappa shape index (κ1) is 24.8. The normalized spacial score (nSPS) is 22.3. The first-order chi connectivity index (χ1) is 16.6. The van der Waals surface area contributed by atoms with Crippen LogP contribution in [0.4, 0.5) is 15.9 Å². The fourth-order valence-electron chi connectivity index (χ4n) is 4.93. The second kappa shape index (κ2) is 12.4. The van der Waals surface area contributed by atoms with Crippen LogP contribution in [-0.4, -0.2) is 61.6 Å². The lowest BCUT2D eigenvalue weighted by molar-refractivity contribution is 0.0699. The largest absolute Gasteiger partial charge is 0.385 e. The standard InChI is InChI=1S/C26H38FN5O2/c1-18(17-33-2)31-20-3-5-21(6-4-20)32-26-14-23(24(27)16-30-26)25-13-22(7-10-28-25)29-15-19-8-11-34-12-9-19/h7,10,13-14,16,18-21,31H,3-6,8-9,11-12,15,17H2,1-2H3,(H,28,29)(H,30,32)/t18-,20?,21?/m0/s1. The van der Waals surface area contributed by atoms with E-state index in [0.717, 1.165) is 70.6 Å². The molecule has 0 aromatic carbocycles. The van der Waals surface area contributed by atoms with E-state index in [1.165, 1.54) is 6.20 Å². The molecule has 0 unspecified atom stereocenters. The zero-order chi connectivity index (χ0) is 23.8. The molecule has 7 nitrogen and oxygen atoms in total. The molecule has 4 rings (SSSR count). The first-order valence-corrected chi connectivity index (χ1v) is 12.6. The Morgan fingerprint density at radius 2 is 1.85 bits per heavy atom. The summed E-state index contributed by atoms with van der Waals surface area (Å²) in [5, 5.41) is 10.6. The number of nitrogens with zero attached hydrogens (tertiary/aromatic N) is 2. The predicted octanol–water partition coefficient (Wildman–Crippen LogP) is 4.47. The van der Waals surface area contributed by atoms with E-state index >= 15 is 0 Å². The number of anilines is 2. The van der Waals surface area contributed by atoms with Crippen molar-refractivity contribution < 1.29 is 13.9 Å². The fourth-order valence-corrected chi connectivity index (χ4v) is 4.93. The zero-order valence-electron chi connectivity index (χ0n) is 20.4. The highest BCUT2D eigenvalue weighted by atomic mass is 19.1. The second-order valence-electron chi connectivity index (χ2n) is 9.63. The van der Waals surface area contributed by atoms with E-state index in [9.17, 15) is 4.39 Å². The molecule has 186 valence electrons. The lowest BCUT2D eigenvalue weighted by Gasteiger charge is -2.31. The summed E-state index contributed by atoms with van der Waals surface area (Å²) in [5.74, 6) is 0.940. The Balaban J connectivity index is 1.34. The molecule has 1 saturated heterocycles. The van der Waals surface area contributed by atoms with Gasteiger partial charge in [-0.05, 0) is 69.6 Å². The van der Waals surface area contributed by atoms with Gasteiger partial charge in [0.05, 0.1) is 18.5 Å². The highest BCUT2D eigenvalue weighted by Crippen LogP contribution is 2.28. The van der Waals surface area contributed by atoms with Crippen molar-refractivity contribution in [1.29, 1.82) is 0 Å². The van der Waals surface area contributed by atoms with Gasteiger partial charge >= 0.3 is 0 Å². The van der Waals surface area contributed by atoms with Crippen LogP contribution >= 0.6 is 0 Å². The summed E-state index contributed by atoms with van der Waals surface area (Å²) < 4.78 is 25.4. The number of pyridine rings is 2. The van der Waals surface area contributed by atoms with Gasteiger partial charge in [0.2, 0.25) is 0 Å². The molecule has 0 bridgehead atoms. The van der Waals surface area contributed by atoms with Gasteiger partial charge in [0.25, 0.3) is 0 Å². The number of nitrogens with one attached hydrogen (secondary N) is 3. The maximum absolute atomic E-state index is 14.7. The van der Waals surface area contributed by atoms with Gasteiger partial charge in [-0.15, -0.1) is 0 Å². The molecule has 34 heavy (non-hydrogen) atoms. The fraction of sp³-hybridized carbons (Fsp3) is 0.615. The third kappa shape index (κ3) is 7.10. The summed E-state index contributed by atoms with van der Waals surface area (Å²) in [4.78, 5) is 8.73. The van der Waals surface area contributed by atoms with Crippen molar-refractivity contribution >= 4 is 11.5 Å². The van der Waals surface area contributed by atoms with Gasteiger partial charge in [-0.25, -0.2) is 9.37 Å². The molecular weight excluding hydrogens is 433 g/mol. The van der Waals surface area contributed by atoms with Crippen molar-refractivity contribution in [3.63, 3.8) is 0 Å². The highest BCUT2D eigenvalue weighted by Gasteiger charge is 2.23. The van der Waals surface area contributed by atoms with Crippen LogP contribution in [0.1, 0.15) is 45.4 Å². The Morgan fingerprint density at radius 3 is 2.62 bits per heavy atom. The van der Waals surface area contributed by atoms with Crippen molar-refractivity contribution in [2.45, 2.75) is 63.6 Å². The molecule has 1 aliphatic carbocycles. The Bertz CT molecular complexity index is 901. The lowest BCUT2D eigenvalue weighted by atomic mass is 9.90. The van der Waals surface area contributed by atoms with E-state index in [1.54, 1.807) is 19.4 Å². The maximum atomic E-state index is 14.7. The number of ether oxygens (including phenoxy) is 2. The summed E-state index contributed by atoms with van der Waals surface area (Å²) >= 11 is 0. The average Bonchev–Trinajstić information content (AvgIpc) is 2.86. The average molecular weight is 472 g/mol. The number of aromatic nitrogens is 2. The van der Waals surface area contributed by atoms with E-state index < -0.39 is 0 Å². The molecular formula is C26H38FN5O2. The quantitative estimate of drug-likeness (QED) is 0.472. The number of methoxy groups -OCH3 is 1. The van der Waals surface area contributed by atoms with Crippen molar-refractivity contribution in [3.05, 3.63) is 36.4 Å². The monoisotopic (exact) mass is 471 g/mol. The minimum atomic E-state index is -0.361. The third-order valence-corrected chi connectivity index (χ3v) is 6.84. The van der Waals surface area contributed by atoms with Gasteiger partial charge in [-0.1, -0.05) is 0 Å². The van der Waals surface area contributed by atoms with Crippen LogP contribution in [0.25, 0.3) is 11.3 Å². The Labute approximate surface area is 202 Å². The summed E-state index contributed by atoms with van der Waals surface area (Å²) in [6.45, 7) is 5.43. The van der Waals surface area contributed by atoms with E-state index in [4.69, 9.17) is 9.47 Å². The van der Waals surface area contributed by atoms with Crippen LogP contribution in [0.2, 0.25) is 0 Å². The van der Waals surface area contributed by atoms with Gasteiger partial charge < -0.3 is 25.4 Å². The molecule has 2 aromatic heterocycles. The summed E-state index contributed by atoms with van der Waals surface area (Å²) in [6, 6.07) is 6.84. The second-order valence-corrected chi connectivity index (χ2v) is 9.63. The first-order valence-electron chi connectivity index (χ1n) is 12.6. The molecule has 0 spiro atoms. The third-order valence-electron chi connectivity index (χ3n) is 6.84. The Morgan fingerprint density at radius 1 is 1.09 bits per heavy atom. The maximum Gasteiger partial charge on any atom is 0.151 e. The van der Waals surface area contributed by atoms with Crippen LogP contribution < -0.4 is 16.0 Å². The molecule has 2 aliphatic rings. The smallest absolute Gasteiger partial charge is 0.151 e. The molecule has 2 aromatic rings. The molecule has 1 atom stereocenters. The van der Waals surface area contributed by atoms with Gasteiger partial charge in [0, 0.05) is 62.4 Å². The lowest BCUT2D eigenvalue weighted by Crippen LogP contribution is -2.42. The van der Waals surface area contributed by atoms with Gasteiger partial charge in [-0.3, -0.25) is 4.98 Å². The molecule has 2 fully saturated rings. The van der Waals surface area contributed by atoms with Gasteiger partial charge in [0.15, 0.2) is 5.82 Å². The SMILES string of the molecule is COC[C@H](C)NC1CCC(Nc2cc(-c3cc(NCC4CCOCC4)ccn3)c(F)cn2)CC1. The van der Waals surface area contributed by atoms with Gasteiger partial charge in [0.1, 0.15) is 5.82 Å². The van der Waals surface area contributed by atoms with Crippen molar-refractivity contribution in [1.82, 2.24) is 15.3 Å². The summed E-state index contributed by atoms with van der Waals surface area (Å²) in [6.07, 6.45) is 9.47. The van der Waals surface area contributed by atoms with Crippen LogP contribution in [0, 0.1) is 11.7 Å². The topological polar surface area (TPSA) is 80.3 Å². The highest BCUT2D eigenvalue weighted by molar-refractivity contribution is 5.67. The number of hydrogen-bond acceptors (Lipinski definition) is 7. The van der Waals surface area contributed by atoms with E-state index in [0.29, 0.717) is 41.1 Å². The Hall–Kier alpha value is -2.29. The van der Waals surface area contributed by atoms with E-state index in [1.807, 2.05) is 12.1 Å². The van der Waals surface area contributed by atoms with E-state index in [-0.39, 0.29) is 5.82 Å². The van der Waals surface area contributed by atoms with E-state index in [2.05, 4.69) is 32.8 Å². The number of halogens is 1. The minimum Gasteiger partial charge on any atom is -0.385 e. The molecule has 1 saturated carbocycles. The van der Waals surface area contributed by atoms with Gasteiger partial charge in [-0.2, -0.15) is 0 Å².